The Kier molecular flexibility index (Phi) is 5.10. The van der Waals surface area contributed by atoms with Crippen LogP contribution in [0.25, 0.3) is 0 Å². The summed E-state index contributed by atoms with van der Waals surface area (Å²) in [6, 6.07) is 0. The fourth-order valence-corrected chi connectivity index (χ4v) is 2.62. The highest BCUT2D eigenvalue weighted by Crippen LogP contribution is 2.13. The van der Waals surface area contributed by atoms with E-state index in [2.05, 4.69) is 14.9 Å². The largest absolute Gasteiger partial charge is 0.391 e. The van der Waals surface area contributed by atoms with Crippen LogP contribution in [0.5, 0.6) is 0 Å². The topological polar surface area (TPSA) is 95.1 Å². The molecule has 3 N–H and O–H groups in total. The third-order valence-electron chi connectivity index (χ3n) is 2.86. The zero-order valence-electron chi connectivity index (χ0n) is 10.0. The van der Waals surface area contributed by atoms with E-state index in [4.69, 9.17) is 0 Å². The second-order valence-electron chi connectivity index (χ2n) is 3.93. The van der Waals surface area contributed by atoms with Crippen LogP contribution >= 0.6 is 0 Å². The van der Waals surface area contributed by atoms with Crippen LogP contribution in [0.2, 0.25) is 0 Å². The number of sulfonamides is 1. The van der Waals surface area contributed by atoms with Gasteiger partial charge in [0, 0.05) is 12.7 Å². The maximum atomic E-state index is 11.7. The molecule has 0 fully saturated rings. The number of aromatic amines is 1. The smallest absolute Gasteiger partial charge is 0.243 e. The molecule has 6 nitrogen and oxygen atoms in total. The SMILES string of the molecule is CCC(CC)C(O)CNS(=O)(=O)c1cn[nH]c1. The number of hydrogen-bond acceptors (Lipinski definition) is 4. The first-order chi connectivity index (χ1) is 8.01. The summed E-state index contributed by atoms with van der Waals surface area (Å²) >= 11 is 0. The number of rotatable bonds is 7. The molecule has 17 heavy (non-hydrogen) atoms. The van der Waals surface area contributed by atoms with E-state index in [-0.39, 0.29) is 17.4 Å². The van der Waals surface area contributed by atoms with Gasteiger partial charge >= 0.3 is 0 Å². The summed E-state index contributed by atoms with van der Waals surface area (Å²) in [5.74, 6) is 0.113. The number of H-pyrrole nitrogens is 1. The highest BCUT2D eigenvalue weighted by Gasteiger charge is 2.20. The predicted molar refractivity (Wildman–Crippen MR) is 63.9 cm³/mol. The molecule has 0 saturated heterocycles. The van der Waals surface area contributed by atoms with Gasteiger partial charge < -0.3 is 5.11 Å². The van der Waals surface area contributed by atoms with Gasteiger partial charge in [-0.3, -0.25) is 5.10 Å². The molecule has 1 unspecified atom stereocenters. The Bertz CT molecular complexity index is 412. The lowest BCUT2D eigenvalue weighted by molar-refractivity contribution is 0.107. The zero-order valence-corrected chi connectivity index (χ0v) is 10.9. The van der Waals surface area contributed by atoms with Gasteiger partial charge in [-0.1, -0.05) is 26.7 Å². The van der Waals surface area contributed by atoms with Crippen molar-refractivity contribution < 1.29 is 13.5 Å². The fourth-order valence-electron chi connectivity index (χ4n) is 1.66. The Labute approximate surface area is 101 Å². The molecule has 0 spiro atoms. The van der Waals surface area contributed by atoms with Gasteiger partial charge in [0.1, 0.15) is 4.90 Å². The zero-order chi connectivity index (χ0) is 12.9. The molecule has 7 heteroatoms. The van der Waals surface area contributed by atoms with Crippen molar-refractivity contribution in [3.63, 3.8) is 0 Å². The molecule has 1 heterocycles. The summed E-state index contributed by atoms with van der Waals surface area (Å²) in [4.78, 5) is 0.0780. The van der Waals surface area contributed by atoms with Crippen molar-refractivity contribution in [2.75, 3.05) is 6.54 Å². The first-order valence-electron chi connectivity index (χ1n) is 5.67. The number of nitrogens with one attached hydrogen (secondary N) is 2. The van der Waals surface area contributed by atoms with Crippen molar-refractivity contribution >= 4 is 10.0 Å². The van der Waals surface area contributed by atoms with Crippen molar-refractivity contribution in [1.29, 1.82) is 0 Å². The molecule has 0 saturated carbocycles. The summed E-state index contributed by atoms with van der Waals surface area (Å²) in [5.41, 5.74) is 0. The van der Waals surface area contributed by atoms with Crippen LogP contribution in [0.4, 0.5) is 0 Å². The van der Waals surface area contributed by atoms with Crippen LogP contribution < -0.4 is 4.72 Å². The minimum absolute atomic E-state index is 0.0276. The van der Waals surface area contributed by atoms with Crippen LogP contribution in [-0.4, -0.2) is 36.4 Å². The lowest BCUT2D eigenvalue weighted by Gasteiger charge is -2.20. The van der Waals surface area contributed by atoms with E-state index < -0.39 is 16.1 Å². The van der Waals surface area contributed by atoms with Gasteiger partial charge in [-0.15, -0.1) is 0 Å². The molecule has 1 rings (SSSR count). The standard InChI is InChI=1S/C10H19N3O3S/c1-3-8(4-2)10(14)7-13-17(15,16)9-5-11-12-6-9/h5-6,8,10,13-14H,3-4,7H2,1-2H3,(H,11,12). The molecule has 0 amide bonds. The third-order valence-corrected chi connectivity index (χ3v) is 4.25. The Morgan fingerprint density at radius 2 is 2.12 bits per heavy atom. The lowest BCUT2D eigenvalue weighted by atomic mass is 9.97. The van der Waals surface area contributed by atoms with Gasteiger partial charge in [0.15, 0.2) is 0 Å². The van der Waals surface area contributed by atoms with Crippen LogP contribution in [0.3, 0.4) is 0 Å². The maximum Gasteiger partial charge on any atom is 0.243 e. The number of aromatic nitrogens is 2. The summed E-state index contributed by atoms with van der Waals surface area (Å²) in [6.07, 6.45) is 3.51. The molecule has 0 aliphatic heterocycles. The van der Waals surface area contributed by atoms with Gasteiger partial charge in [0.2, 0.25) is 10.0 Å². The first kappa shape index (κ1) is 14.1. The van der Waals surface area contributed by atoms with E-state index >= 15 is 0 Å². The van der Waals surface area contributed by atoms with Crippen molar-refractivity contribution in [1.82, 2.24) is 14.9 Å². The summed E-state index contributed by atoms with van der Waals surface area (Å²) in [5, 5.41) is 15.8. The summed E-state index contributed by atoms with van der Waals surface area (Å²) in [6.45, 7) is 3.98. The van der Waals surface area contributed by atoms with Crippen LogP contribution in [-0.2, 0) is 10.0 Å². The quantitative estimate of drug-likeness (QED) is 0.665. The molecule has 1 aromatic rings. The van der Waals surface area contributed by atoms with Crippen LogP contribution in [0, 0.1) is 5.92 Å². The highest BCUT2D eigenvalue weighted by molar-refractivity contribution is 7.89. The first-order valence-corrected chi connectivity index (χ1v) is 7.16. The van der Waals surface area contributed by atoms with Crippen molar-refractivity contribution in [2.45, 2.75) is 37.7 Å². The number of hydrogen-bond donors (Lipinski definition) is 3. The predicted octanol–water partition coefficient (Wildman–Crippen LogP) is 0.485. The molecule has 98 valence electrons. The molecule has 0 radical (unpaired) electrons. The summed E-state index contributed by atoms with van der Waals surface area (Å²) < 4.78 is 25.8. The average Bonchev–Trinajstić information content (AvgIpc) is 2.82. The Morgan fingerprint density at radius 1 is 1.47 bits per heavy atom. The minimum Gasteiger partial charge on any atom is -0.391 e. The fraction of sp³-hybridized carbons (Fsp3) is 0.700. The van der Waals surface area contributed by atoms with Crippen molar-refractivity contribution in [2.24, 2.45) is 5.92 Å². The van der Waals surface area contributed by atoms with Crippen LogP contribution in [0.15, 0.2) is 17.3 Å². The molecule has 0 bridgehead atoms. The van der Waals surface area contributed by atoms with E-state index in [1.807, 2.05) is 13.8 Å². The van der Waals surface area contributed by atoms with Gasteiger partial charge in [-0.05, 0) is 5.92 Å². The number of aliphatic hydroxyl groups is 1. The second kappa shape index (κ2) is 6.13. The molecule has 0 aliphatic carbocycles. The van der Waals surface area contributed by atoms with E-state index in [1.165, 1.54) is 12.4 Å². The Morgan fingerprint density at radius 3 is 2.59 bits per heavy atom. The number of nitrogens with zero attached hydrogens (tertiary/aromatic N) is 1. The maximum absolute atomic E-state index is 11.7. The monoisotopic (exact) mass is 261 g/mol. The van der Waals surface area contributed by atoms with E-state index in [9.17, 15) is 13.5 Å². The van der Waals surface area contributed by atoms with E-state index in [0.29, 0.717) is 0 Å². The molecular formula is C10H19N3O3S. The summed E-state index contributed by atoms with van der Waals surface area (Å²) in [7, 11) is -3.57. The van der Waals surface area contributed by atoms with Gasteiger partial charge in [-0.2, -0.15) is 5.10 Å². The number of aliphatic hydroxyl groups excluding tert-OH is 1. The van der Waals surface area contributed by atoms with E-state index in [0.717, 1.165) is 12.8 Å². The van der Waals surface area contributed by atoms with Crippen molar-refractivity contribution in [3.05, 3.63) is 12.4 Å². The molecular weight excluding hydrogens is 242 g/mol. The minimum atomic E-state index is -3.57. The van der Waals surface area contributed by atoms with Crippen LogP contribution in [0.1, 0.15) is 26.7 Å². The molecule has 1 atom stereocenters. The Hall–Kier alpha value is -0.920. The van der Waals surface area contributed by atoms with Gasteiger partial charge in [-0.25, -0.2) is 13.1 Å². The lowest BCUT2D eigenvalue weighted by Crippen LogP contribution is -2.35. The Balaban J connectivity index is 2.56. The second-order valence-corrected chi connectivity index (χ2v) is 5.70. The molecule has 0 aromatic carbocycles. The van der Waals surface area contributed by atoms with E-state index in [1.54, 1.807) is 0 Å². The molecule has 1 aromatic heterocycles. The average molecular weight is 261 g/mol. The van der Waals surface area contributed by atoms with Gasteiger partial charge in [0.05, 0.1) is 12.3 Å². The van der Waals surface area contributed by atoms with Crippen molar-refractivity contribution in [3.8, 4) is 0 Å². The third kappa shape index (κ3) is 3.79. The highest BCUT2D eigenvalue weighted by atomic mass is 32.2. The molecule has 0 aliphatic rings. The van der Waals surface area contributed by atoms with Gasteiger partial charge in [0.25, 0.3) is 0 Å². The normalized spacial score (nSPS) is 14.1.